The number of methoxy groups -OCH3 is 2. The second kappa shape index (κ2) is 12.8. The molecule has 4 aromatic rings. The average molecular weight is 499 g/mol. The number of benzene rings is 2. The van der Waals surface area contributed by atoms with Crippen molar-refractivity contribution in [2.75, 3.05) is 19.5 Å². The van der Waals surface area contributed by atoms with Crippen LogP contribution in [0.5, 0.6) is 11.5 Å². The number of anilines is 1. The number of hydrogen-bond acceptors (Lipinski definition) is 6. The smallest absolute Gasteiger partial charge is 0.225 e. The molecule has 2 aromatic heterocycles. The van der Waals surface area contributed by atoms with E-state index >= 15 is 0 Å². The summed E-state index contributed by atoms with van der Waals surface area (Å²) in [6.07, 6.45) is 7.49. The fraction of sp³-hybridized carbons (Fsp3) is 0.333. The number of aryl methyl sites for hydroxylation is 1. The van der Waals surface area contributed by atoms with Crippen molar-refractivity contribution in [3.8, 4) is 22.8 Å². The van der Waals surface area contributed by atoms with Crippen LogP contribution in [0.1, 0.15) is 44.6 Å². The largest absolute Gasteiger partial charge is 0.497 e. The zero-order valence-electron chi connectivity index (χ0n) is 21.7. The third kappa shape index (κ3) is 7.26. The fourth-order valence-electron chi connectivity index (χ4n) is 4.37. The maximum absolute atomic E-state index is 12.5. The molecule has 0 bridgehead atoms. The number of amides is 1. The van der Waals surface area contributed by atoms with Gasteiger partial charge < -0.3 is 14.8 Å². The summed E-state index contributed by atoms with van der Waals surface area (Å²) in [4.78, 5) is 26.2. The predicted octanol–water partition coefficient (Wildman–Crippen LogP) is 6.48. The summed E-state index contributed by atoms with van der Waals surface area (Å²) in [6, 6.07) is 19.7. The lowest BCUT2D eigenvalue weighted by Gasteiger charge is -2.11. The Labute approximate surface area is 218 Å². The summed E-state index contributed by atoms with van der Waals surface area (Å²) in [5.41, 5.74) is 3.91. The standard InChI is InChI=1S/C30H34N4O3/c1-21(9-7-13-22-11-5-4-6-12-22)10-8-14-29(35)33-28-18-17-25-30(34-28)32-26(20-31-25)24-16-15-23(36-2)19-27(24)37-3/h4-6,11-12,15-21H,7-10,13-14H2,1-3H3,(H,32,33,34,35)/t21-/m1/s1. The Hall–Kier alpha value is -4.00. The van der Waals surface area contributed by atoms with Gasteiger partial charge in [0.15, 0.2) is 5.65 Å². The second-order valence-electron chi connectivity index (χ2n) is 9.28. The molecule has 2 heterocycles. The SMILES string of the molecule is COc1ccc(-c2cnc3ccc(NC(=O)CCC[C@H](C)CCCc4ccccc4)nc3n2)c(OC)c1. The molecule has 1 atom stereocenters. The van der Waals surface area contributed by atoms with Crippen LogP contribution in [0, 0.1) is 5.92 Å². The highest BCUT2D eigenvalue weighted by Crippen LogP contribution is 2.32. The van der Waals surface area contributed by atoms with Crippen molar-refractivity contribution in [2.45, 2.75) is 45.4 Å². The molecule has 0 spiro atoms. The van der Waals surface area contributed by atoms with Crippen molar-refractivity contribution in [3.05, 3.63) is 72.4 Å². The fourth-order valence-corrected chi connectivity index (χ4v) is 4.37. The summed E-state index contributed by atoms with van der Waals surface area (Å²) in [5, 5.41) is 2.91. The molecule has 7 nitrogen and oxygen atoms in total. The molecule has 7 heteroatoms. The van der Waals surface area contributed by atoms with Gasteiger partial charge in [0.25, 0.3) is 0 Å². The van der Waals surface area contributed by atoms with E-state index in [2.05, 4.69) is 57.5 Å². The first-order valence-electron chi connectivity index (χ1n) is 12.8. The number of carbonyl (C=O) groups excluding carboxylic acids is 1. The molecular weight excluding hydrogens is 464 g/mol. The van der Waals surface area contributed by atoms with Gasteiger partial charge in [0, 0.05) is 18.1 Å². The van der Waals surface area contributed by atoms with Crippen molar-refractivity contribution in [1.29, 1.82) is 0 Å². The van der Waals surface area contributed by atoms with Gasteiger partial charge in [-0.3, -0.25) is 9.78 Å². The van der Waals surface area contributed by atoms with Crippen LogP contribution in [-0.2, 0) is 11.2 Å². The maximum Gasteiger partial charge on any atom is 0.225 e. The second-order valence-corrected chi connectivity index (χ2v) is 9.28. The Bertz CT molecular complexity index is 1330. The number of nitrogens with one attached hydrogen (secondary N) is 1. The minimum Gasteiger partial charge on any atom is -0.497 e. The third-order valence-corrected chi connectivity index (χ3v) is 6.46. The molecule has 2 aromatic carbocycles. The quantitative estimate of drug-likeness (QED) is 0.241. The van der Waals surface area contributed by atoms with Crippen LogP contribution in [0.15, 0.2) is 66.9 Å². The number of pyridine rings is 1. The van der Waals surface area contributed by atoms with Gasteiger partial charge in [0.1, 0.15) is 22.8 Å². The highest BCUT2D eigenvalue weighted by Gasteiger charge is 2.12. The molecule has 192 valence electrons. The Kier molecular flexibility index (Phi) is 9.03. The molecule has 0 aliphatic rings. The van der Waals surface area contributed by atoms with Gasteiger partial charge in [-0.2, -0.15) is 0 Å². The lowest BCUT2D eigenvalue weighted by molar-refractivity contribution is -0.116. The molecule has 0 saturated carbocycles. The van der Waals surface area contributed by atoms with Crippen LogP contribution >= 0.6 is 0 Å². The minimum atomic E-state index is -0.0377. The molecule has 0 radical (unpaired) electrons. The Morgan fingerprint density at radius 1 is 0.946 bits per heavy atom. The average Bonchev–Trinajstić information content (AvgIpc) is 2.92. The van der Waals surface area contributed by atoms with E-state index in [1.165, 1.54) is 18.4 Å². The highest BCUT2D eigenvalue weighted by molar-refractivity contribution is 5.90. The van der Waals surface area contributed by atoms with Crippen molar-refractivity contribution in [3.63, 3.8) is 0 Å². The van der Waals surface area contributed by atoms with Gasteiger partial charge in [0.05, 0.1) is 26.1 Å². The van der Waals surface area contributed by atoms with Gasteiger partial charge >= 0.3 is 0 Å². The summed E-state index contributed by atoms with van der Waals surface area (Å²) in [6.45, 7) is 2.27. The normalized spacial score (nSPS) is 11.8. The molecule has 0 aliphatic carbocycles. The summed E-state index contributed by atoms with van der Waals surface area (Å²) in [5.74, 6) is 2.36. The lowest BCUT2D eigenvalue weighted by atomic mass is 9.96. The summed E-state index contributed by atoms with van der Waals surface area (Å²) in [7, 11) is 3.21. The zero-order chi connectivity index (χ0) is 26.0. The van der Waals surface area contributed by atoms with E-state index in [0.29, 0.717) is 46.5 Å². The van der Waals surface area contributed by atoms with E-state index in [1.54, 1.807) is 32.5 Å². The van der Waals surface area contributed by atoms with Crippen LogP contribution in [0.4, 0.5) is 5.82 Å². The van der Waals surface area contributed by atoms with Crippen molar-refractivity contribution in [1.82, 2.24) is 15.0 Å². The molecular formula is C30H34N4O3. The van der Waals surface area contributed by atoms with E-state index < -0.39 is 0 Å². The number of rotatable bonds is 12. The van der Waals surface area contributed by atoms with Gasteiger partial charge in [-0.05, 0) is 55.0 Å². The molecule has 0 saturated heterocycles. The van der Waals surface area contributed by atoms with E-state index in [0.717, 1.165) is 24.8 Å². The molecule has 0 aliphatic heterocycles. The number of ether oxygens (including phenoxy) is 2. The van der Waals surface area contributed by atoms with E-state index in [4.69, 9.17) is 9.47 Å². The number of hydrogen-bond donors (Lipinski definition) is 1. The van der Waals surface area contributed by atoms with Crippen molar-refractivity contribution in [2.24, 2.45) is 5.92 Å². The molecule has 1 N–H and O–H groups in total. The summed E-state index contributed by atoms with van der Waals surface area (Å²) < 4.78 is 10.8. The molecule has 4 rings (SSSR count). The van der Waals surface area contributed by atoms with Gasteiger partial charge in [-0.25, -0.2) is 9.97 Å². The van der Waals surface area contributed by atoms with Gasteiger partial charge in [0.2, 0.25) is 5.91 Å². The zero-order valence-corrected chi connectivity index (χ0v) is 21.7. The van der Waals surface area contributed by atoms with Crippen LogP contribution in [-0.4, -0.2) is 35.1 Å². The van der Waals surface area contributed by atoms with Gasteiger partial charge in [-0.15, -0.1) is 0 Å². The number of carbonyl (C=O) groups is 1. The minimum absolute atomic E-state index is 0.0377. The highest BCUT2D eigenvalue weighted by atomic mass is 16.5. The maximum atomic E-state index is 12.5. The Morgan fingerprint density at radius 2 is 1.76 bits per heavy atom. The first-order valence-corrected chi connectivity index (χ1v) is 12.8. The Morgan fingerprint density at radius 3 is 2.54 bits per heavy atom. The number of nitrogens with zero attached hydrogens (tertiary/aromatic N) is 3. The van der Waals surface area contributed by atoms with E-state index in [9.17, 15) is 4.79 Å². The molecule has 0 unspecified atom stereocenters. The van der Waals surface area contributed by atoms with Crippen LogP contribution in [0.25, 0.3) is 22.4 Å². The monoisotopic (exact) mass is 498 g/mol. The van der Waals surface area contributed by atoms with Crippen LogP contribution in [0.2, 0.25) is 0 Å². The topological polar surface area (TPSA) is 86.2 Å². The number of aromatic nitrogens is 3. The Balaban J connectivity index is 1.30. The van der Waals surface area contributed by atoms with Crippen molar-refractivity contribution < 1.29 is 14.3 Å². The molecule has 0 fully saturated rings. The van der Waals surface area contributed by atoms with Crippen LogP contribution < -0.4 is 14.8 Å². The van der Waals surface area contributed by atoms with Crippen molar-refractivity contribution >= 4 is 22.9 Å². The van der Waals surface area contributed by atoms with Gasteiger partial charge in [-0.1, -0.05) is 50.1 Å². The lowest BCUT2D eigenvalue weighted by Crippen LogP contribution is -2.13. The first-order chi connectivity index (χ1) is 18.1. The van der Waals surface area contributed by atoms with Crippen LogP contribution in [0.3, 0.4) is 0 Å². The molecule has 37 heavy (non-hydrogen) atoms. The third-order valence-electron chi connectivity index (χ3n) is 6.46. The number of fused-ring (bicyclic) bond motifs is 1. The first kappa shape index (κ1) is 26.1. The predicted molar refractivity (Wildman–Crippen MR) is 147 cm³/mol. The van der Waals surface area contributed by atoms with E-state index in [-0.39, 0.29) is 5.91 Å². The van der Waals surface area contributed by atoms with E-state index in [1.807, 2.05) is 18.2 Å². The summed E-state index contributed by atoms with van der Waals surface area (Å²) >= 11 is 0. The molecule has 1 amide bonds.